The first-order valence-corrected chi connectivity index (χ1v) is 15.8. The number of oxazole rings is 1. The zero-order valence-corrected chi connectivity index (χ0v) is 25.8. The summed E-state index contributed by atoms with van der Waals surface area (Å²) in [6.45, 7) is 2.92. The highest BCUT2D eigenvalue weighted by Crippen LogP contribution is 2.32. The van der Waals surface area contributed by atoms with Gasteiger partial charge in [-0.05, 0) is 55.9 Å². The smallest absolute Gasteiger partial charge is 0.329 e. The molecule has 17 heteroatoms. The van der Waals surface area contributed by atoms with Gasteiger partial charge >= 0.3 is 6.03 Å². The molecule has 0 radical (unpaired) electrons. The Morgan fingerprint density at radius 3 is 2.65 bits per heavy atom. The molecule has 0 bridgehead atoms. The molecule has 0 aromatic carbocycles. The van der Waals surface area contributed by atoms with E-state index < -0.39 is 24.1 Å². The summed E-state index contributed by atoms with van der Waals surface area (Å²) in [6.07, 6.45) is 5.25. The molecule has 15 nitrogen and oxygen atoms in total. The van der Waals surface area contributed by atoms with Crippen LogP contribution in [0.15, 0.2) is 47.3 Å². The quantitative estimate of drug-likeness (QED) is 0.212. The standard InChI is InChI=1S/C31H33F2N11O4/c32-28(33)27-22(36-29(46)23-17-48-30(37-23)19-5-9-34-24(13-19)35-14-18-1-2-18)16-44(41-27)21-6-10-42(11-7-21)15-20-3-4-25(40-39-20)43-12-8-26(45)38-31(43)47/h3-5,9,13,16-18,21,28H,1-2,6-8,10-12,14-15H2,(H,34,35)(H,36,46)(H,38,45,47). The number of likely N-dealkylation sites (tertiary alicyclic amines) is 1. The van der Waals surface area contributed by atoms with Gasteiger partial charge in [-0.25, -0.2) is 23.5 Å². The maximum atomic E-state index is 14.0. The first kappa shape index (κ1) is 31.3. The fourth-order valence-corrected chi connectivity index (χ4v) is 5.71. The van der Waals surface area contributed by atoms with Crippen LogP contribution in [-0.2, 0) is 11.3 Å². The molecule has 0 spiro atoms. The SMILES string of the molecule is O=C1CCN(c2ccc(CN3CCC(n4cc(NC(=O)c5coc(-c6ccnc(NCC7CC7)c6)n5)c(C(F)F)n4)CC3)nn2)C(=O)N1. The Bertz CT molecular complexity index is 1800. The fraction of sp³-hybridized carbons (Fsp3) is 0.419. The molecule has 7 rings (SSSR count). The molecule has 4 aromatic heterocycles. The van der Waals surface area contributed by atoms with Crippen molar-refractivity contribution in [3.05, 3.63) is 60.0 Å². The van der Waals surface area contributed by atoms with Crippen molar-refractivity contribution in [2.75, 3.05) is 41.7 Å². The van der Waals surface area contributed by atoms with Gasteiger partial charge in [0.2, 0.25) is 11.8 Å². The van der Waals surface area contributed by atoms with Crippen LogP contribution in [0.25, 0.3) is 11.5 Å². The van der Waals surface area contributed by atoms with Gasteiger partial charge in [0, 0.05) is 57.1 Å². The van der Waals surface area contributed by atoms with E-state index in [1.807, 2.05) is 0 Å². The number of carbonyl (C=O) groups excluding carboxylic acids is 3. The minimum Gasteiger partial charge on any atom is -0.444 e. The molecule has 4 amide bonds. The lowest BCUT2D eigenvalue weighted by molar-refractivity contribution is -0.120. The molecule has 1 saturated carbocycles. The first-order valence-electron chi connectivity index (χ1n) is 15.8. The second kappa shape index (κ2) is 13.4. The number of pyridine rings is 1. The van der Waals surface area contributed by atoms with Crippen LogP contribution >= 0.6 is 0 Å². The molecule has 4 aromatic rings. The number of hydrogen-bond donors (Lipinski definition) is 3. The second-order valence-corrected chi connectivity index (χ2v) is 12.1. The molecule has 0 atom stereocenters. The minimum absolute atomic E-state index is 0.0546. The Hall–Kier alpha value is -5.32. The zero-order valence-electron chi connectivity index (χ0n) is 25.8. The van der Waals surface area contributed by atoms with Gasteiger partial charge in [-0.1, -0.05) is 0 Å². The van der Waals surface area contributed by atoms with Crippen molar-refractivity contribution in [1.82, 2.24) is 40.2 Å². The zero-order chi connectivity index (χ0) is 33.2. The number of urea groups is 1. The highest BCUT2D eigenvalue weighted by molar-refractivity contribution is 6.05. The van der Waals surface area contributed by atoms with Crippen LogP contribution in [0, 0.1) is 5.92 Å². The number of halogens is 2. The van der Waals surface area contributed by atoms with E-state index in [-0.39, 0.29) is 42.2 Å². The van der Waals surface area contributed by atoms with Gasteiger partial charge < -0.3 is 15.1 Å². The average Bonchev–Trinajstić information content (AvgIpc) is 3.60. The molecule has 3 fully saturated rings. The Balaban J connectivity index is 0.946. The molecule has 0 unspecified atom stereocenters. The van der Waals surface area contributed by atoms with Crippen LogP contribution in [0.3, 0.4) is 0 Å². The third-order valence-electron chi connectivity index (χ3n) is 8.58. The predicted octanol–water partition coefficient (Wildman–Crippen LogP) is 4.02. The van der Waals surface area contributed by atoms with Crippen LogP contribution in [0.4, 0.5) is 30.9 Å². The van der Waals surface area contributed by atoms with Gasteiger partial charge in [0.25, 0.3) is 12.3 Å². The third kappa shape index (κ3) is 7.15. The van der Waals surface area contributed by atoms with Crippen molar-refractivity contribution in [3.63, 3.8) is 0 Å². The van der Waals surface area contributed by atoms with E-state index in [1.165, 1.54) is 34.9 Å². The van der Waals surface area contributed by atoms with Gasteiger partial charge in [0.1, 0.15) is 12.1 Å². The van der Waals surface area contributed by atoms with Crippen LogP contribution in [0.2, 0.25) is 0 Å². The third-order valence-corrected chi connectivity index (χ3v) is 8.58. The van der Waals surface area contributed by atoms with E-state index in [4.69, 9.17) is 4.42 Å². The average molecular weight is 662 g/mol. The lowest BCUT2D eigenvalue weighted by atomic mass is 10.1. The molecule has 250 valence electrons. The van der Waals surface area contributed by atoms with E-state index in [1.54, 1.807) is 30.5 Å². The lowest BCUT2D eigenvalue weighted by Gasteiger charge is -2.31. The molecule has 3 N–H and O–H groups in total. The summed E-state index contributed by atoms with van der Waals surface area (Å²) >= 11 is 0. The molecule has 6 heterocycles. The van der Waals surface area contributed by atoms with Crippen molar-refractivity contribution in [2.24, 2.45) is 5.92 Å². The molecule has 3 aliphatic rings. The van der Waals surface area contributed by atoms with E-state index in [0.717, 1.165) is 6.54 Å². The minimum atomic E-state index is -2.90. The van der Waals surface area contributed by atoms with E-state index in [9.17, 15) is 23.2 Å². The molecule has 2 aliphatic heterocycles. The van der Waals surface area contributed by atoms with E-state index in [0.29, 0.717) is 61.3 Å². The Kier molecular flexibility index (Phi) is 8.75. The number of nitrogens with zero attached hydrogens (tertiary/aromatic N) is 8. The van der Waals surface area contributed by atoms with Gasteiger partial charge in [-0.3, -0.25) is 29.4 Å². The number of hydrogen-bond acceptors (Lipinski definition) is 11. The summed E-state index contributed by atoms with van der Waals surface area (Å²) in [4.78, 5) is 48.6. The Morgan fingerprint density at radius 1 is 1.08 bits per heavy atom. The molecular weight excluding hydrogens is 628 g/mol. The van der Waals surface area contributed by atoms with Crippen molar-refractivity contribution >= 4 is 35.2 Å². The predicted molar refractivity (Wildman–Crippen MR) is 167 cm³/mol. The van der Waals surface area contributed by atoms with Crippen molar-refractivity contribution < 1.29 is 27.6 Å². The van der Waals surface area contributed by atoms with Crippen molar-refractivity contribution in [1.29, 1.82) is 0 Å². The molecule has 1 aliphatic carbocycles. The van der Waals surface area contributed by atoms with Gasteiger partial charge in [-0.15, -0.1) is 5.10 Å². The number of alkyl halides is 2. The molecule has 48 heavy (non-hydrogen) atoms. The summed E-state index contributed by atoms with van der Waals surface area (Å²) in [6, 6.07) is 6.31. The number of amides is 4. The van der Waals surface area contributed by atoms with Crippen molar-refractivity contribution in [2.45, 2.75) is 51.1 Å². The number of rotatable bonds is 11. The van der Waals surface area contributed by atoms with E-state index in [2.05, 4.69) is 46.1 Å². The molecule has 2 saturated heterocycles. The van der Waals surface area contributed by atoms with Crippen LogP contribution in [0.1, 0.15) is 66.4 Å². The molecular formula is C31H33F2N11O4. The monoisotopic (exact) mass is 661 g/mol. The first-order chi connectivity index (χ1) is 23.3. The van der Waals surface area contributed by atoms with Crippen LogP contribution < -0.4 is 20.9 Å². The van der Waals surface area contributed by atoms with Gasteiger partial charge in [-0.2, -0.15) is 10.2 Å². The number of imide groups is 1. The number of aromatic nitrogens is 6. The number of anilines is 3. The van der Waals surface area contributed by atoms with E-state index >= 15 is 0 Å². The van der Waals surface area contributed by atoms with Gasteiger partial charge in [0.15, 0.2) is 17.2 Å². The normalized spacial score (nSPS) is 17.5. The highest BCUT2D eigenvalue weighted by atomic mass is 19.3. The summed E-state index contributed by atoms with van der Waals surface area (Å²) < 4.78 is 35.0. The number of carbonyl (C=O) groups is 3. The van der Waals surface area contributed by atoms with Crippen molar-refractivity contribution in [3.8, 4) is 11.5 Å². The lowest BCUT2D eigenvalue weighted by Crippen LogP contribution is -2.50. The maximum Gasteiger partial charge on any atom is 0.329 e. The topological polar surface area (TPSA) is 176 Å². The number of piperidine rings is 1. The van der Waals surface area contributed by atoms with Crippen LogP contribution in [0.5, 0.6) is 0 Å². The fourth-order valence-electron chi connectivity index (χ4n) is 5.71. The summed E-state index contributed by atoms with van der Waals surface area (Å²) in [5.41, 5.74) is 0.683. The Labute approximate surface area is 273 Å². The number of nitrogens with one attached hydrogen (secondary N) is 3. The summed E-state index contributed by atoms with van der Waals surface area (Å²) in [5, 5.41) is 20.6. The largest absolute Gasteiger partial charge is 0.444 e. The highest BCUT2D eigenvalue weighted by Gasteiger charge is 2.28. The summed E-state index contributed by atoms with van der Waals surface area (Å²) in [7, 11) is 0. The van der Waals surface area contributed by atoms with Gasteiger partial charge in [0.05, 0.1) is 17.4 Å². The second-order valence-electron chi connectivity index (χ2n) is 12.1. The Morgan fingerprint density at radius 2 is 1.92 bits per heavy atom. The maximum absolute atomic E-state index is 14.0. The van der Waals surface area contributed by atoms with Crippen LogP contribution in [-0.4, -0.2) is 78.9 Å². The summed E-state index contributed by atoms with van der Waals surface area (Å²) in [5.74, 6) is 0.908.